The third-order valence-electron chi connectivity index (χ3n) is 8.12. The number of fused-ring (bicyclic) bond motifs is 1. The zero-order valence-corrected chi connectivity index (χ0v) is 22.5. The highest BCUT2D eigenvalue weighted by Crippen LogP contribution is 2.36. The molecule has 1 atom stereocenters. The van der Waals surface area contributed by atoms with Gasteiger partial charge in [0.25, 0.3) is 0 Å². The van der Waals surface area contributed by atoms with Gasteiger partial charge in [0.1, 0.15) is 0 Å². The first-order chi connectivity index (χ1) is 18.0. The van der Waals surface area contributed by atoms with Gasteiger partial charge in [-0.2, -0.15) is 0 Å². The first-order valence-electron chi connectivity index (χ1n) is 13.8. The number of allylic oxidation sites excluding steroid dienone is 2. The summed E-state index contributed by atoms with van der Waals surface area (Å²) in [7, 11) is -3.38. The van der Waals surface area contributed by atoms with Crippen LogP contribution in [0.2, 0.25) is 0 Å². The topological polar surface area (TPSA) is 60.9 Å². The fourth-order valence-corrected chi connectivity index (χ4v) is 7.91. The van der Waals surface area contributed by atoms with Crippen LogP contribution >= 0.6 is 0 Å². The molecule has 2 fully saturated rings. The van der Waals surface area contributed by atoms with Crippen molar-refractivity contribution in [2.75, 3.05) is 38.5 Å². The molecular weight excluding hydrogens is 482 g/mol. The minimum atomic E-state index is -3.38. The van der Waals surface area contributed by atoms with Crippen molar-refractivity contribution in [1.82, 2.24) is 14.1 Å². The average Bonchev–Trinajstić information content (AvgIpc) is 2.94. The van der Waals surface area contributed by atoms with Crippen LogP contribution in [0.15, 0.2) is 72.4 Å². The summed E-state index contributed by atoms with van der Waals surface area (Å²) in [5.41, 5.74) is 3.53. The number of piperidine rings is 1. The molecule has 0 spiro atoms. The van der Waals surface area contributed by atoms with E-state index in [0.29, 0.717) is 32.0 Å². The number of hydrogen-bond acceptors (Lipinski definition) is 4. The van der Waals surface area contributed by atoms with Gasteiger partial charge in [-0.25, -0.2) is 8.42 Å². The molecule has 0 saturated carbocycles. The predicted molar refractivity (Wildman–Crippen MR) is 147 cm³/mol. The van der Waals surface area contributed by atoms with Crippen molar-refractivity contribution >= 4 is 15.9 Å². The summed E-state index contributed by atoms with van der Waals surface area (Å²) in [5.74, 6) is 0.511. The quantitative estimate of drug-likeness (QED) is 0.500. The molecular formula is C30H39N3O3S. The van der Waals surface area contributed by atoms with Gasteiger partial charge in [-0.15, -0.1) is 0 Å². The van der Waals surface area contributed by atoms with Crippen LogP contribution in [-0.2, 0) is 14.8 Å². The van der Waals surface area contributed by atoms with E-state index in [4.69, 9.17) is 0 Å². The lowest BCUT2D eigenvalue weighted by atomic mass is 9.86. The molecule has 7 heteroatoms. The van der Waals surface area contributed by atoms with Crippen molar-refractivity contribution in [2.45, 2.75) is 51.0 Å². The monoisotopic (exact) mass is 521 g/mol. The first kappa shape index (κ1) is 26.0. The second-order valence-corrected chi connectivity index (χ2v) is 12.5. The smallest absolute Gasteiger partial charge is 0.234 e. The molecule has 0 bridgehead atoms. The summed E-state index contributed by atoms with van der Waals surface area (Å²) < 4.78 is 27.9. The van der Waals surface area contributed by atoms with Gasteiger partial charge in [0.2, 0.25) is 15.9 Å². The van der Waals surface area contributed by atoms with Crippen molar-refractivity contribution in [1.29, 1.82) is 0 Å². The molecule has 6 nitrogen and oxygen atoms in total. The number of rotatable bonds is 8. The van der Waals surface area contributed by atoms with Gasteiger partial charge < -0.3 is 4.90 Å². The maximum absolute atomic E-state index is 13.1. The molecule has 0 aromatic heterocycles. The Balaban J connectivity index is 1.15. The van der Waals surface area contributed by atoms with Crippen molar-refractivity contribution < 1.29 is 13.2 Å². The molecule has 2 aliphatic heterocycles. The second kappa shape index (κ2) is 11.8. The molecule has 37 heavy (non-hydrogen) atoms. The lowest BCUT2D eigenvalue weighted by Crippen LogP contribution is -2.50. The fourth-order valence-electron chi connectivity index (χ4n) is 6.22. The van der Waals surface area contributed by atoms with Gasteiger partial charge in [0.15, 0.2) is 0 Å². The summed E-state index contributed by atoms with van der Waals surface area (Å²) in [6.07, 6.45) is 8.04. The number of sulfonamides is 1. The number of carbonyl (C=O) groups excluding carboxylic acids is 1. The lowest BCUT2D eigenvalue weighted by molar-refractivity contribution is -0.133. The summed E-state index contributed by atoms with van der Waals surface area (Å²) in [4.78, 5) is 17.4. The summed E-state index contributed by atoms with van der Waals surface area (Å²) >= 11 is 0. The summed E-state index contributed by atoms with van der Waals surface area (Å²) in [6, 6.07) is 21.2. The second-order valence-electron chi connectivity index (χ2n) is 10.5. The van der Waals surface area contributed by atoms with E-state index in [1.165, 1.54) is 11.1 Å². The Bertz CT molecular complexity index is 1140. The Morgan fingerprint density at radius 1 is 0.838 bits per heavy atom. The SMILES string of the molecule is O=C(CCCS(=O)(=O)N1CCCC2CCCC=C21)N1CCN(C(c2ccccc2)c2ccccc2)CC1. The van der Waals surface area contributed by atoms with E-state index in [2.05, 4.69) is 59.5 Å². The van der Waals surface area contributed by atoms with Crippen LogP contribution in [0, 0.1) is 5.92 Å². The number of carbonyl (C=O) groups is 1. The third kappa shape index (κ3) is 6.10. The number of piperazine rings is 1. The van der Waals surface area contributed by atoms with Gasteiger partial charge in [0.05, 0.1) is 11.8 Å². The van der Waals surface area contributed by atoms with Crippen LogP contribution in [0.4, 0.5) is 0 Å². The summed E-state index contributed by atoms with van der Waals surface area (Å²) in [5, 5.41) is 0. The van der Waals surface area contributed by atoms with Crippen molar-refractivity contribution in [3.8, 4) is 0 Å². The number of benzene rings is 2. The molecule has 0 radical (unpaired) electrons. The Morgan fingerprint density at radius 2 is 1.46 bits per heavy atom. The molecule has 2 heterocycles. The average molecular weight is 522 g/mol. The van der Waals surface area contributed by atoms with Gasteiger partial charge in [0, 0.05) is 44.8 Å². The summed E-state index contributed by atoms with van der Waals surface area (Å²) in [6.45, 7) is 3.51. The Hall–Kier alpha value is -2.64. The maximum Gasteiger partial charge on any atom is 0.234 e. The zero-order chi connectivity index (χ0) is 25.7. The first-order valence-corrected chi connectivity index (χ1v) is 15.5. The van der Waals surface area contributed by atoms with E-state index < -0.39 is 10.0 Å². The van der Waals surface area contributed by atoms with E-state index in [-0.39, 0.29) is 24.1 Å². The molecule has 1 aliphatic carbocycles. The highest BCUT2D eigenvalue weighted by atomic mass is 32.2. The van der Waals surface area contributed by atoms with Gasteiger partial charge >= 0.3 is 0 Å². The van der Waals surface area contributed by atoms with E-state index in [9.17, 15) is 13.2 Å². The number of hydrogen-bond donors (Lipinski definition) is 0. The molecule has 2 saturated heterocycles. The normalized spacial score (nSPS) is 21.0. The minimum absolute atomic E-state index is 0.0485. The van der Waals surface area contributed by atoms with E-state index in [1.54, 1.807) is 4.31 Å². The molecule has 5 rings (SSSR count). The van der Waals surface area contributed by atoms with Crippen LogP contribution < -0.4 is 0 Å². The molecule has 2 aromatic carbocycles. The minimum Gasteiger partial charge on any atom is -0.340 e. The highest BCUT2D eigenvalue weighted by Gasteiger charge is 2.34. The van der Waals surface area contributed by atoms with Gasteiger partial charge in [-0.1, -0.05) is 66.7 Å². The Morgan fingerprint density at radius 3 is 2.11 bits per heavy atom. The van der Waals surface area contributed by atoms with Gasteiger partial charge in [-0.05, 0) is 55.6 Å². The van der Waals surface area contributed by atoms with E-state index in [0.717, 1.165) is 50.9 Å². The van der Waals surface area contributed by atoms with Gasteiger partial charge in [-0.3, -0.25) is 14.0 Å². The molecule has 198 valence electrons. The number of amides is 1. The largest absolute Gasteiger partial charge is 0.340 e. The highest BCUT2D eigenvalue weighted by molar-refractivity contribution is 7.89. The van der Waals surface area contributed by atoms with Crippen molar-refractivity contribution in [2.24, 2.45) is 5.92 Å². The fraction of sp³-hybridized carbons (Fsp3) is 0.500. The van der Waals surface area contributed by atoms with Crippen LogP contribution in [-0.4, -0.2) is 66.9 Å². The van der Waals surface area contributed by atoms with E-state index in [1.807, 2.05) is 17.0 Å². The maximum atomic E-state index is 13.1. The van der Waals surface area contributed by atoms with Crippen LogP contribution in [0.5, 0.6) is 0 Å². The van der Waals surface area contributed by atoms with Crippen molar-refractivity contribution in [3.05, 3.63) is 83.6 Å². The molecule has 0 N–H and O–H groups in total. The standard InChI is InChI=1S/C30H39N3O3S/c34-29(18-10-24-37(35,36)33-19-9-16-25-11-7-8-17-28(25)33)31-20-22-32(23-21-31)30(26-12-3-1-4-13-26)27-14-5-2-6-15-27/h1-6,12-15,17,25,30H,7-11,16,18-24H2. The van der Waals surface area contributed by atoms with Crippen LogP contribution in [0.25, 0.3) is 0 Å². The molecule has 1 amide bonds. The Kier molecular flexibility index (Phi) is 8.30. The van der Waals surface area contributed by atoms with Crippen molar-refractivity contribution in [3.63, 3.8) is 0 Å². The predicted octanol–water partition coefficient (Wildman–Crippen LogP) is 4.81. The van der Waals surface area contributed by atoms with E-state index >= 15 is 0 Å². The zero-order valence-electron chi connectivity index (χ0n) is 21.7. The number of nitrogens with zero attached hydrogens (tertiary/aromatic N) is 3. The molecule has 3 aliphatic rings. The lowest BCUT2D eigenvalue weighted by Gasteiger charge is -2.40. The van der Waals surface area contributed by atoms with Crippen LogP contribution in [0.1, 0.15) is 62.1 Å². The Labute approximate surface area is 222 Å². The molecule has 1 unspecified atom stereocenters. The van der Waals surface area contributed by atoms with Crippen LogP contribution in [0.3, 0.4) is 0 Å². The molecule has 2 aromatic rings. The third-order valence-corrected chi connectivity index (χ3v) is 9.99.